The summed E-state index contributed by atoms with van der Waals surface area (Å²) in [5.41, 5.74) is 0. The summed E-state index contributed by atoms with van der Waals surface area (Å²) in [6, 6.07) is 0.328. The van der Waals surface area contributed by atoms with Crippen LogP contribution in [0.4, 0.5) is 0 Å². The van der Waals surface area contributed by atoms with E-state index in [1.54, 1.807) is 0 Å². The average molecular weight is 221 g/mol. The summed E-state index contributed by atoms with van der Waals surface area (Å²) in [6.07, 6.45) is 2.67. The van der Waals surface area contributed by atoms with Crippen LogP contribution in [0.3, 0.4) is 0 Å². The fourth-order valence-electron chi connectivity index (χ4n) is 1.55. The van der Waals surface area contributed by atoms with Gasteiger partial charge in [-0.15, -0.1) is 0 Å². The minimum Gasteiger partial charge on any atom is -0.313 e. The molecule has 0 atom stereocenters. The van der Waals surface area contributed by atoms with Crippen molar-refractivity contribution in [3.05, 3.63) is 0 Å². The molecule has 0 unspecified atom stereocenters. The smallest absolute Gasteiger partial charge is 0.154 e. The summed E-state index contributed by atoms with van der Waals surface area (Å²) < 4.78 is 22.8. The highest BCUT2D eigenvalue weighted by Gasteiger charge is 2.36. The van der Waals surface area contributed by atoms with E-state index < -0.39 is 14.6 Å². The molecular weight excluding hydrogens is 198 g/mol. The zero-order chi connectivity index (χ0) is 11.4. The van der Waals surface area contributed by atoms with Crippen LogP contribution in [-0.2, 0) is 9.84 Å². The molecule has 0 spiro atoms. The summed E-state index contributed by atoms with van der Waals surface area (Å²) in [5, 5.41) is 3.22. The van der Waals surface area contributed by atoms with Crippen LogP contribution in [0, 0.1) is 0 Å². The van der Waals surface area contributed by atoms with Crippen molar-refractivity contribution >= 4 is 9.84 Å². The summed E-state index contributed by atoms with van der Waals surface area (Å²) in [7, 11) is -2.98. The van der Waals surface area contributed by atoms with Gasteiger partial charge in [0.05, 0.1) is 4.75 Å². The minimum absolute atomic E-state index is 0.328. The molecule has 3 nitrogen and oxygen atoms in total. The molecule has 0 amide bonds. The van der Waals surface area contributed by atoms with Crippen molar-refractivity contribution in [3.8, 4) is 0 Å². The Kier molecular flexibility index (Phi) is 5.09. The van der Waals surface area contributed by atoms with E-state index in [4.69, 9.17) is 0 Å². The van der Waals surface area contributed by atoms with Crippen LogP contribution in [0.1, 0.15) is 40.5 Å². The van der Waals surface area contributed by atoms with Crippen LogP contribution in [0.25, 0.3) is 0 Å². The van der Waals surface area contributed by atoms with Crippen molar-refractivity contribution in [1.29, 1.82) is 0 Å². The number of rotatable bonds is 6. The minimum atomic E-state index is -2.98. The molecule has 0 radical (unpaired) electrons. The first-order valence-electron chi connectivity index (χ1n) is 5.22. The molecule has 14 heavy (non-hydrogen) atoms. The van der Waals surface area contributed by atoms with Crippen LogP contribution in [0.15, 0.2) is 0 Å². The molecule has 0 aliphatic carbocycles. The van der Waals surface area contributed by atoms with E-state index in [-0.39, 0.29) is 0 Å². The molecule has 0 bridgehead atoms. The van der Waals surface area contributed by atoms with Gasteiger partial charge in [-0.05, 0) is 12.8 Å². The Labute approximate surface area is 88.2 Å². The summed E-state index contributed by atoms with van der Waals surface area (Å²) in [4.78, 5) is 0. The normalized spacial score (nSPS) is 13.6. The molecule has 0 saturated heterocycles. The maximum absolute atomic E-state index is 11.7. The molecule has 0 aromatic heterocycles. The molecule has 86 valence electrons. The Balaban J connectivity index is 4.73. The van der Waals surface area contributed by atoms with Crippen molar-refractivity contribution in [1.82, 2.24) is 5.32 Å². The molecule has 0 aliphatic rings. The van der Waals surface area contributed by atoms with E-state index >= 15 is 0 Å². The number of hydrogen-bond donors (Lipinski definition) is 1. The third-order valence-corrected chi connectivity index (χ3v) is 5.20. The largest absolute Gasteiger partial charge is 0.313 e. The van der Waals surface area contributed by atoms with E-state index in [0.29, 0.717) is 25.4 Å². The van der Waals surface area contributed by atoms with Crippen molar-refractivity contribution in [3.63, 3.8) is 0 Å². The Morgan fingerprint density at radius 3 is 1.86 bits per heavy atom. The van der Waals surface area contributed by atoms with Crippen LogP contribution in [-0.4, -0.2) is 32.0 Å². The Bertz CT molecular complexity index is 253. The van der Waals surface area contributed by atoms with Gasteiger partial charge in [0, 0.05) is 18.8 Å². The van der Waals surface area contributed by atoms with Gasteiger partial charge in [-0.25, -0.2) is 8.42 Å². The Hall–Kier alpha value is -0.0900. The molecule has 4 heteroatoms. The van der Waals surface area contributed by atoms with Gasteiger partial charge in [0.25, 0.3) is 0 Å². The van der Waals surface area contributed by atoms with Gasteiger partial charge >= 0.3 is 0 Å². The lowest BCUT2D eigenvalue weighted by molar-refractivity contribution is 0.433. The molecule has 0 aromatic rings. The van der Waals surface area contributed by atoms with Crippen LogP contribution in [0.2, 0.25) is 0 Å². The van der Waals surface area contributed by atoms with Gasteiger partial charge < -0.3 is 5.32 Å². The first-order valence-corrected chi connectivity index (χ1v) is 7.11. The van der Waals surface area contributed by atoms with E-state index in [1.165, 1.54) is 6.26 Å². The molecule has 0 fully saturated rings. The number of nitrogens with one attached hydrogen (secondary N) is 1. The Morgan fingerprint density at radius 2 is 1.64 bits per heavy atom. The first-order chi connectivity index (χ1) is 6.29. The number of hydrogen-bond acceptors (Lipinski definition) is 3. The number of sulfone groups is 1. The average Bonchev–Trinajstić information content (AvgIpc) is 2.04. The standard InChI is InChI=1S/C10H23NO2S/c1-6-10(7-2,14(5,12)13)8-11-9(3)4/h9,11H,6-8H2,1-5H3. The van der Waals surface area contributed by atoms with Crippen molar-refractivity contribution < 1.29 is 8.42 Å². The monoisotopic (exact) mass is 221 g/mol. The second kappa shape index (κ2) is 5.12. The zero-order valence-electron chi connectivity index (χ0n) is 9.92. The lowest BCUT2D eigenvalue weighted by atomic mass is 10.0. The van der Waals surface area contributed by atoms with Crippen molar-refractivity contribution in [2.45, 2.75) is 51.3 Å². The molecular formula is C10H23NO2S. The van der Waals surface area contributed by atoms with Crippen molar-refractivity contribution in [2.75, 3.05) is 12.8 Å². The fourth-order valence-corrected chi connectivity index (χ4v) is 2.94. The molecule has 0 heterocycles. The molecule has 1 N–H and O–H groups in total. The van der Waals surface area contributed by atoms with Crippen LogP contribution < -0.4 is 5.32 Å². The highest BCUT2D eigenvalue weighted by Crippen LogP contribution is 2.24. The van der Waals surface area contributed by atoms with E-state index in [9.17, 15) is 8.42 Å². The second-order valence-electron chi connectivity index (χ2n) is 4.20. The van der Waals surface area contributed by atoms with Gasteiger partial charge in [0.1, 0.15) is 0 Å². The molecule has 0 aromatic carbocycles. The predicted molar refractivity (Wildman–Crippen MR) is 61.3 cm³/mol. The molecule has 0 rings (SSSR count). The van der Waals surface area contributed by atoms with Gasteiger partial charge in [-0.2, -0.15) is 0 Å². The second-order valence-corrected chi connectivity index (χ2v) is 6.61. The highest BCUT2D eigenvalue weighted by molar-refractivity contribution is 7.92. The fraction of sp³-hybridized carbons (Fsp3) is 1.00. The van der Waals surface area contributed by atoms with Gasteiger partial charge in [-0.3, -0.25) is 0 Å². The van der Waals surface area contributed by atoms with Gasteiger partial charge in [0.15, 0.2) is 9.84 Å². The molecule has 0 saturated carbocycles. The van der Waals surface area contributed by atoms with Gasteiger partial charge in [-0.1, -0.05) is 27.7 Å². The van der Waals surface area contributed by atoms with Crippen LogP contribution in [0.5, 0.6) is 0 Å². The summed E-state index contributed by atoms with van der Waals surface area (Å²) in [5.74, 6) is 0. The quantitative estimate of drug-likeness (QED) is 0.741. The first kappa shape index (κ1) is 13.9. The van der Waals surface area contributed by atoms with E-state index in [0.717, 1.165) is 0 Å². The van der Waals surface area contributed by atoms with Crippen molar-refractivity contribution in [2.24, 2.45) is 0 Å². The summed E-state index contributed by atoms with van der Waals surface area (Å²) in [6.45, 7) is 8.48. The zero-order valence-corrected chi connectivity index (χ0v) is 10.7. The Morgan fingerprint density at radius 1 is 1.21 bits per heavy atom. The van der Waals surface area contributed by atoms with E-state index in [2.05, 4.69) is 5.32 Å². The van der Waals surface area contributed by atoms with Gasteiger partial charge in [0.2, 0.25) is 0 Å². The summed E-state index contributed by atoms with van der Waals surface area (Å²) >= 11 is 0. The van der Waals surface area contributed by atoms with E-state index in [1.807, 2.05) is 27.7 Å². The third kappa shape index (κ3) is 3.24. The van der Waals surface area contributed by atoms with Crippen LogP contribution >= 0.6 is 0 Å². The SMILES string of the molecule is CCC(CC)(CNC(C)C)S(C)(=O)=O. The topological polar surface area (TPSA) is 46.2 Å². The maximum atomic E-state index is 11.7. The third-order valence-electron chi connectivity index (χ3n) is 2.91. The maximum Gasteiger partial charge on any atom is 0.154 e. The molecule has 0 aliphatic heterocycles. The lowest BCUT2D eigenvalue weighted by Gasteiger charge is -2.30. The predicted octanol–water partition coefficient (Wildman–Crippen LogP) is 1.59. The highest BCUT2D eigenvalue weighted by atomic mass is 32.2. The lowest BCUT2D eigenvalue weighted by Crippen LogP contribution is -2.47.